The first-order valence-corrected chi connectivity index (χ1v) is 5.34. The minimum atomic E-state index is -1.14. The van der Waals surface area contributed by atoms with Gasteiger partial charge in [-0.3, -0.25) is 0 Å². The van der Waals surface area contributed by atoms with Crippen molar-refractivity contribution in [1.29, 1.82) is 0 Å². The Labute approximate surface area is 98.8 Å². The summed E-state index contributed by atoms with van der Waals surface area (Å²) in [5, 5.41) is 17.6. The standard InChI is InChI=1S/C10H17N3O4/c11-10(12)13-6-4-7(2-1-3-14)17-8(5-6)9(15)16/h5-7,14H,1-4H2,(H,15,16)(H4,11,12,13)/t6-,7?/m1/s1. The number of aliphatic hydroxyl groups excluding tert-OH is 1. The molecule has 0 radical (unpaired) electrons. The van der Waals surface area contributed by atoms with Crippen LogP contribution in [0.3, 0.4) is 0 Å². The van der Waals surface area contributed by atoms with E-state index in [2.05, 4.69) is 4.99 Å². The van der Waals surface area contributed by atoms with Crippen LogP contribution in [-0.4, -0.2) is 40.9 Å². The number of nitrogens with zero attached hydrogens (tertiary/aromatic N) is 1. The van der Waals surface area contributed by atoms with E-state index in [1.165, 1.54) is 6.08 Å². The van der Waals surface area contributed by atoms with E-state index in [1.807, 2.05) is 0 Å². The Bertz CT molecular complexity index is 336. The summed E-state index contributed by atoms with van der Waals surface area (Å²) in [4.78, 5) is 14.8. The van der Waals surface area contributed by atoms with Gasteiger partial charge in [-0.05, 0) is 18.9 Å². The van der Waals surface area contributed by atoms with Crippen molar-refractivity contribution in [2.75, 3.05) is 6.61 Å². The summed E-state index contributed by atoms with van der Waals surface area (Å²) >= 11 is 0. The van der Waals surface area contributed by atoms with E-state index < -0.39 is 5.97 Å². The molecule has 1 unspecified atom stereocenters. The second-order valence-corrected chi connectivity index (χ2v) is 3.80. The number of aliphatic carboxylic acids is 1. The van der Waals surface area contributed by atoms with Crippen LogP contribution in [0.1, 0.15) is 19.3 Å². The van der Waals surface area contributed by atoms with E-state index >= 15 is 0 Å². The number of aliphatic imine (C=N–C) groups is 1. The lowest BCUT2D eigenvalue weighted by atomic mass is 10.0. The van der Waals surface area contributed by atoms with Crippen molar-refractivity contribution in [2.24, 2.45) is 16.5 Å². The summed E-state index contributed by atoms with van der Waals surface area (Å²) < 4.78 is 5.26. The molecule has 1 heterocycles. The Morgan fingerprint density at radius 1 is 1.59 bits per heavy atom. The number of carboxylic acids is 1. The van der Waals surface area contributed by atoms with Crippen molar-refractivity contribution in [3.63, 3.8) is 0 Å². The summed E-state index contributed by atoms with van der Waals surface area (Å²) in [6, 6.07) is -0.386. The normalized spacial score (nSPS) is 23.5. The van der Waals surface area contributed by atoms with Crippen LogP contribution < -0.4 is 11.5 Å². The van der Waals surface area contributed by atoms with Gasteiger partial charge in [0.05, 0.1) is 6.04 Å². The molecule has 1 aliphatic rings. The number of hydrogen-bond acceptors (Lipinski definition) is 4. The summed E-state index contributed by atoms with van der Waals surface area (Å²) in [5.41, 5.74) is 10.5. The van der Waals surface area contributed by atoms with Gasteiger partial charge in [0.15, 0.2) is 5.96 Å². The van der Waals surface area contributed by atoms with Gasteiger partial charge in [0.2, 0.25) is 5.76 Å². The maximum Gasteiger partial charge on any atom is 0.370 e. The van der Waals surface area contributed by atoms with Gasteiger partial charge in [-0.1, -0.05) is 0 Å². The van der Waals surface area contributed by atoms with Crippen LogP contribution in [-0.2, 0) is 9.53 Å². The van der Waals surface area contributed by atoms with E-state index in [9.17, 15) is 4.79 Å². The third kappa shape index (κ3) is 4.31. The van der Waals surface area contributed by atoms with Crippen LogP contribution in [0.2, 0.25) is 0 Å². The fraction of sp³-hybridized carbons (Fsp3) is 0.600. The first-order valence-electron chi connectivity index (χ1n) is 5.34. The van der Waals surface area contributed by atoms with E-state index in [1.54, 1.807) is 0 Å². The Balaban J connectivity index is 2.74. The van der Waals surface area contributed by atoms with Crippen LogP contribution in [0, 0.1) is 0 Å². The number of carboxylic acid groups (broad SMARTS) is 1. The monoisotopic (exact) mass is 243 g/mol. The maximum absolute atomic E-state index is 10.9. The Morgan fingerprint density at radius 3 is 2.82 bits per heavy atom. The van der Waals surface area contributed by atoms with Gasteiger partial charge in [0, 0.05) is 13.0 Å². The van der Waals surface area contributed by atoms with Crippen molar-refractivity contribution in [3.8, 4) is 0 Å². The largest absolute Gasteiger partial charge is 0.483 e. The van der Waals surface area contributed by atoms with Crippen LogP contribution in [0.5, 0.6) is 0 Å². The summed E-state index contributed by atoms with van der Waals surface area (Å²) in [7, 11) is 0. The van der Waals surface area contributed by atoms with E-state index in [-0.39, 0.29) is 30.5 Å². The van der Waals surface area contributed by atoms with Crippen molar-refractivity contribution < 1.29 is 19.7 Å². The fourth-order valence-corrected chi connectivity index (χ4v) is 1.68. The highest BCUT2D eigenvalue weighted by Gasteiger charge is 2.26. The molecule has 0 aromatic rings. The summed E-state index contributed by atoms with van der Waals surface area (Å²) in [5.74, 6) is -1.37. The number of rotatable bonds is 5. The SMILES string of the molecule is NC(N)=N[C@H]1C=C(C(=O)O)OC(CCCO)C1. The molecule has 0 bridgehead atoms. The Hall–Kier alpha value is -1.76. The molecule has 0 aromatic carbocycles. The molecular weight excluding hydrogens is 226 g/mol. The van der Waals surface area contributed by atoms with Crippen molar-refractivity contribution in [1.82, 2.24) is 0 Å². The molecule has 0 saturated carbocycles. The zero-order valence-electron chi connectivity index (χ0n) is 9.37. The quantitative estimate of drug-likeness (QED) is 0.367. The van der Waals surface area contributed by atoms with Crippen molar-refractivity contribution >= 4 is 11.9 Å². The number of hydrogen-bond donors (Lipinski definition) is 4. The molecule has 0 spiro atoms. The molecule has 0 fully saturated rings. The minimum Gasteiger partial charge on any atom is -0.483 e. The molecule has 1 aliphatic heterocycles. The lowest BCUT2D eigenvalue weighted by molar-refractivity contribution is -0.138. The second-order valence-electron chi connectivity index (χ2n) is 3.80. The molecule has 0 saturated heterocycles. The zero-order valence-corrected chi connectivity index (χ0v) is 9.37. The summed E-state index contributed by atoms with van der Waals surface area (Å²) in [6.45, 7) is 0.0406. The molecule has 0 aromatic heterocycles. The van der Waals surface area contributed by atoms with Crippen LogP contribution >= 0.6 is 0 Å². The molecule has 7 nitrogen and oxygen atoms in total. The van der Waals surface area contributed by atoms with Crippen LogP contribution in [0.15, 0.2) is 16.8 Å². The fourth-order valence-electron chi connectivity index (χ4n) is 1.68. The second kappa shape index (κ2) is 6.09. The highest BCUT2D eigenvalue weighted by molar-refractivity contribution is 5.84. The number of carbonyl (C=O) groups is 1. The van der Waals surface area contributed by atoms with E-state index in [0.717, 1.165) is 0 Å². The number of ether oxygens (including phenoxy) is 1. The molecular formula is C10H17N3O4. The van der Waals surface area contributed by atoms with Crippen molar-refractivity contribution in [2.45, 2.75) is 31.4 Å². The van der Waals surface area contributed by atoms with Crippen molar-refractivity contribution in [3.05, 3.63) is 11.8 Å². The first-order chi connectivity index (χ1) is 8.02. The van der Waals surface area contributed by atoms with Crippen LogP contribution in [0.25, 0.3) is 0 Å². The average Bonchev–Trinajstić information content (AvgIpc) is 2.25. The van der Waals surface area contributed by atoms with Gasteiger partial charge >= 0.3 is 5.97 Å². The molecule has 2 atom stereocenters. The third-order valence-electron chi connectivity index (χ3n) is 2.35. The summed E-state index contributed by atoms with van der Waals surface area (Å²) in [6.07, 6.45) is 2.72. The zero-order chi connectivity index (χ0) is 12.8. The van der Waals surface area contributed by atoms with Gasteiger partial charge in [-0.25, -0.2) is 9.79 Å². The Morgan fingerprint density at radius 2 is 2.29 bits per heavy atom. The molecule has 17 heavy (non-hydrogen) atoms. The molecule has 7 heteroatoms. The minimum absolute atomic E-state index is 0.0406. The lowest BCUT2D eigenvalue weighted by Crippen LogP contribution is -2.31. The molecule has 96 valence electrons. The number of aliphatic hydroxyl groups is 1. The predicted octanol–water partition coefficient (Wildman–Crippen LogP) is -0.842. The highest BCUT2D eigenvalue weighted by Crippen LogP contribution is 2.22. The van der Waals surface area contributed by atoms with Gasteiger partial charge in [0.1, 0.15) is 6.10 Å². The first kappa shape index (κ1) is 13.3. The lowest BCUT2D eigenvalue weighted by Gasteiger charge is -2.26. The Kier molecular flexibility index (Phi) is 4.77. The number of guanidine groups is 1. The van der Waals surface area contributed by atoms with Gasteiger partial charge in [-0.2, -0.15) is 0 Å². The third-order valence-corrected chi connectivity index (χ3v) is 2.35. The average molecular weight is 243 g/mol. The van der Waals surface area contributed by atoms with E-state index in [0.29, 0.717) is 19.3 Å². The van der Waals surface area contributed by atoms with Gasteiger partial charge in [-0.15, -0.1) is 0 Å². The van der Waals surface area contributed by atoms with Gasteiger partial charge in [0.25, 0.3) is 0 Å². The predicted molar refractivity (Wildman–Crippen MR) is 61.1 cm³/mol. The maximum atomic E-state index is 10.9. The smallest absolute Gasteiger partial charge is 0.370 e. The van der Waals surface area contributed by atoms with Crippen LogP contribution in [0.4, 0.5) is 0 Å². The van der Waals surface area contributed by atoms with Gasteiger partial charge < -0.3 is 26.4 Å². The highest BCUT2D eigenvalue weighted by atomic mass is 16.5. The topological polar surface area (TPSA) is 131 Å². The number of nitrogens with two attached hydrogens (primary N) is 2. The van der Waals surface area contributed by atoms with E-state index in [4.69, 9.17) is 26.4 Å². The molecule has 0 aliphatic carbocycles. The molecule has 6 N–H and O–H groups in total. The molecule has 1 rings (SSSR count). The molecule has 0 amide bonds.